The SMILES string of the molecule is Cc1ccc(S(=O)(=O)n2cnc3ccccc32)c(C)c1N1CCCC1=O. The number of imidazole rings is 1. The summed E-state index contributed by atoms with van der Waals surface area (Å²) in [4.78, 5) is 18.3. The molecule has 0 spiro atoms. The minimum Gasteiger partial charge on any atom is -0.312 e. The Morgan fingerprint density at radius 3 is 2.58 bits per heavy atom. The van der Waals surface area contributed by atoms with Crippen LogP contribution in [0.1, 0.15) is 24.0 Å². The second-order valence-electron chi connectivity index (χ2n) is 6.54. The molecule has 1 amide bonds. The fraction of sp³-hybridized carbons (Fsp3) is 0.263. The van der Waals surface area contributed by atoms with Gasteiger partial charge in [0.15, 0.2) is 0 Å². The third-order valence-corrected chi connectivity index (χ3v) is 6.69. The highest BCUT2D eigenvalue weighted by molar-refractivity contribution is 7.90. The summed E-state index contributed by atoms with van der Waals surface area (Å²) in [6, 6.07) is 10.5. The van der Waals surface area contributed by atoms with E-state index in [-0.39, 0.29) is 10.8 Å². The number of aryl methyl sites for hydroxylation is 1. The largest absolute Gasteiger partial charge is 0.312 e. The van der Waals surface area contributed by atoms with E-state index >= 15 is 0 Å². The van der Waals surface area contributed by atoms with Crippen LogP contribution >= 0.6 is 0 Å². The maximum absolute atomic E-state index is 13.3. The number of aromatic nitrogens is 2. The predicted molar refractivity (Wildman–Crippen MR) is 99.8 cm³/mol. The molecule has 0 bridgehead atoms. The first-order valence-corrected chi connectivity index (χ1v) is 9.93. The minimum absolute atomic E-state index is 0.0406. The Morgan fingerprint density at radius 1 is 1.08 bits per heavy atom. The number of hydrogen-bond donors (Lipinski definition) is 0. The molecule has 4 rings (SSSR count). The van der Waals surface area contributed by atoms with Crippen molar-refractivity contribution in [3.05, 3.63) is 53.9 Å². The lowest BCUT2D eigenvalue weighted by atomic mass is 10.1. The van der Waals surface area contributed by atoms with Gasteiger partial charge in [0.25, 0.3) is 10.0 Å². The van der Waals surface area contributed by atoms with Crippen molar-refractivity contribution in [3.8, 4) is 0 Å². The van der Waals surface area contributed by atoms with Crippen LogP contribution in [0.25, 0.3) is 11.0 Å². The van der Waals surface area contributed by atoms with E-state index in [0.717, 1.165) is 12.0 Å². The average molecular weight is 369 g/mol. The summed E-state index contributed by atoms with van der Waals surface area (Å²) in [7, 11) is -3.82. The van der Waals surface area contributed by atoms with Gasteiger partial charge in [0.1, 0.15) is 6.33 Å². The average Bonchev–Trinajstić information content (AvgIpc) is 3.21. The molecule has 2 heterocycles. The van der Waals surface area contributed by atoms with Crippen molar-refractivity contribution >= 4 is 32.7 Å². The van der Waals surface area contributed by atoms with Crippen molar-refractivity contribution in [2.75, 3.05) is 11.4 Å². The first-order valence-electron chi connectivity index (χ1n) is 8.49. The van der Waals surface area contributed by atoms with Crippen LogP contribution in [0.3, 0.4) is 0 Å². The Labute approximate surface area is 152 Å². The third-order valence-electron chi connectivity index (χ3n) is 4.88. The summed E-state index contributed by atoms with van der Waals surface area (Å²) < 4.78 is 27.8. The Kier molecular flexibility index (Phi) is 3.84. The first-order chi connectivity index (χ1) is 12.4. The van der Waals surface area contributed by atoms with Gasteiger partial charge in [-0.2, -0.15) is 0 Å². The van der Waals surface area contributed by atoms with Crippen LogP contribution in [0.5, 0.6) is 0 Å². The summed E-state index contributed by atoms with van der Waals surface area (Å²) >= 11 is 0. The lowest BCUT2D eigenvalue weighted by Crippen LogP contribution is -2.26. The summed E-state index contributed by atoms with van der Waals surface area (Å²) in [6.07, 6.45) is 2.63. The lowest BCUT2D eigenvalue weighted by molar-refractivity contribution is -0.117. The van der Waals surface area contributed by atoms with E-state index in [1.165, 1.54) is 10.3 Å². The van der Waals surface area contributed by atoms with Crippen molar-refractivity contribution in [3.63, 3.8) is 0 Å². The summed E-state index contributed by atoms with van der Waals surface area (Å²) in [5.74, 6) is 0.0406. The van der Waals surface area contributed by atoms with Crippen LogP contribution in [0.15, 0.2) is 47.6 Å². The van der Waals surface area contributed by atoms with Crippen LogP contribution in [0, 0.1) is 13.8 Å². The lowest BCUT2D eigenvalue weighted by Gasteiger charge is -2.23. The number of fused-ring (bicyclic) bond motifs is 1. The van der Waals surface area contributed by atoms with Gasteiger partial charge in [-0.3, -0.25) is 4.79 Å². The molecule has 0 aliphatic carbocycles. The molecule has 26 heavy (non-hydrogen) atoms. The van der Waals surface area contributed by atoms with Gasteiger partial charge in [0.2, 0.25) is 5.91 Å². The molecule has 1 aromatic heterocycles. The van der Waals surface area contributed by atoms with Crippen molar-refractivity contribution in [1.29, 1.82) is 0 Å². The second-order valence-corrected chi connectivity index (χ2v) is 8.32. The number of rotatable bonds is 3. The van der Waals surface area contributed by atoms with Gasteiger partial charge in [-0.05, 0) is 49.6 Å². The molecule has 134 valence electrons. The van der Waals surface area contributed by atoms with E-state index < -0.39 is 10.0 Å². The fourth-order valence-electron chi connectivity index (χ4n) is 3.63. The molecule has 0 atom stereocenters. The standard InChI is InChI=1S/C19H19N3O3S/c1-13-9-10-17(14(2)19(13)21-11-5-8-18(21)23)26(24,25)22-12-20-15-6-3-4-7-16(15)22/h3-4,6-7,9-10,12H,5,8,11H2,1-2H3. The number of carbonyl (C=O) groups excluding carboxylic acids is 1. The maximum atomic E-state index is 13.3. The number of benzene rings is 2. The van der Waals surface area contributed by atoms with Gasteiger partial charge in [0.05, 0.1) is 21.6 Å². The monoisotopic (exact) mass is 369 g/mol. The molecule has 0 radical (unpaired) electrons. The Bertz CT molecular complexity index is 1130. The van der Waals surface area contributed by atoms with Gasteiger partial charge in [-0.15, -0.1) is 0 Å². The number of carbonyl (C=O) groups is 1. The second kappa shape index (κ2) is 5.95. The molecule has 7 heteroatoms. The first kappa shape index (κ1) is 16.8. The molecular weight excluding hydrogens is 350 g/mol. The van der Waals surface area contributed by atoms with Gasteiger partial charge in [-0.1, -0.05) is 18.2 Å². The van der Waals surface area contributed by atoms with E-state index in [1.54, 1.807) is 42.2 Å². The molecule has 0 N–H and O–H groups in total. The van der Waals surface area contributed by atoms with Crippen molar-refractivity contribution in [1.82, 2.24) is 8.96 Å². The van der Waals surface area contributed by atoms with Crippen LogP contribution in [0.4, 0.5) is 5.69 Å². The number of hydrogen-bond acceptors (Lipinski definition) is 4. The Morgan fingerprint density at radius 2 is 1.85 bits per heavy atom. The molecule has 1 aliphatic heterocycles. The topological polar surface area (TPSA) is 72.3 Å². The third kappa shape index (κ3) is 2.42. The molecule has 2 aromatic carbocycles. The molecule has 0 unspecified atom stereocenters. The number of anilines is 1. The highest BCUT2D eigenvalue weighted by Gasteiger charge is 2.29. The van der Waals surface area contributed by atoms with E-state index in [4.69, 9.17) is 0 Å². The smallest absolute Gasteiger partial charge is 0.269 e. The Hall–Kier alpha value is -2.67. The molecule has 1 aliphatic rings. The minimum atomic E-state index is -3.82. The molecular formula is C19H19N3O3S. The number of nitrogens with zero attached hydrogens (tertiary/aromatic N) is 3. The number of amides is 1. The van der Waals surface area contributed by atoms with Crippen LogP contribution in [0.2, 0.25) is 0 Å². The molecule has 6 nitrogen and oxygen atoms in total. The summed E-state index contributed by atoms with van der Waals surface area (Å²) in [6.45, 7) is 4.29. The quantitative estimate of drug-likeness (QED) is 0.711. The molecule has 3 aromatic rings. The van der Waals surface area contributed by atoms with Crippen LogP contribution in [-0.4, -0.2) is 29.8 Å². The van der Waals surface area contributed by atoms with Crippen molar-refractivity contribution < 1.29 is 13.2 Å². The predicted octanol–water partition coefficient (Wildman–Crippen LogP) is 3.02. The zero-order chi connectivity index (χ0) is 18.5. The zero-order valence-corrected chi connectivity index (χ0v) is 15.5. The van der Waals surface area contributed by atoms with Gasteiger partial charge in [0, 0.05) is 13.0 Å². The van der Waals surface area contributed by atoms with Crippen LogP contribution < -0.4 is 4.90 Å². The van der Waals surface area contributed by atoms with Crippen molar-refractivity contribution in [2.45, 2.75) is 31.6 Å². The normalized spacial score (nSPS) is 15.2. The van der Waals surface area contributed by atoms with Gasteiger partial charge in [-0.25, -0.2) is 17.4 Å². The van der Waals surface area contributed by atoms with Gasteiger partial charge >= 0.3 is 0 Å². The summed E-state index contributed by atoms with van der Waals surface area (Å²) in [5.41, 5.74) is 3.35. The molecule has 1 saturated heterocycles. The zero-order valence-electron chi connectivity index (χ0n) is 14.6. The fourth-order valence-corrected chi connectivity index (χ4v) is 5.15. The van der Waals surface area contributed by atoms with E-state index in [1.807, 2.05) is 13.0 Å². The maximum Gasteiger partial charge on any atom is 0.269 e. The van der Waals surface area contributed by atoms with E-state index in [9.17, 15) is 13.2 Å². The van der Waals surface area contributed by atoms with Crippen LogP contribution in [-0.2, 0) is 14.8 Å². The van der Waals surface area contributed by atoms with Crippen molar-refractivity contribution in [2.24, 2.45) is 0 Å². The molecule has 0 saturated carbocycles. The van der Waals surface area contributed by atoms with E-state index in [0.29, 0.717) is 35.2 Å². The Balaban J connectivity index is 1.91. The summed E-state index contributed by atoms with van der Waals surface area (Å²) in [5, 5.41) is 0. The highest BCUT2D eigenvalue weighted by atomic mass is 32.2. The molecule has 1 fully saturated rings. The highest BCUT2D eigenvalue weighted by Crippen LogP contribution is 2.34. The van der Waals surface area contributed by atoms with E-state index in [2.05, 4.69) is 4.98 Å². The van der Waals surface area contributed by atoms with Gasteiger partial charge < -0.3 is 4.90 Å². The number of para-hydroxylation sites is 2.